The summed E-state index contributed by atoms with van der Waals surface area (Å²) in [5, 5.41) is 0. The van der Waals surface area contributed by atoms with Gasteiger partial charge in [0.1, 0.15) is 0 Å². The Kier molecular flexibility index (Phi) is 9.88. The molecule has 0 unspecified atom stereocenters. The molecule has 6 heteroatoms. The van der Waals surface area contributed by atoms with Crippen LogP contribution in [0.2, 0.25) is 0 Å². The Morgan fingerprint density at radius 1 is 0.241 bits per heavy atom. The van der Waals surface area contributed by atoms with E-state index >= 15 is 0 Å². The van der Waals surface area contributed by atoms with Crippen molar-refractivity contribution < 1.29 is 0 Å². The van der Waals surface area contributed by atoms with Crippen molar-refractivity contribution in [2.24, 2.45) is 0 Å². The molecule has 0 nitrogen and oxygen atoms in total. The molecule has 0 atom stereocenters. The molecule has 0 fully saturated rings. The monoisotopic (exact) mass is 936 g/mol. The van der Waals surface area contributed by atoms with Crippen molar-refractivity contribution in [1.29, 1.82) is 0 Å². The number of thiophene rings is 4. The molecule has 0 saturated carbocycles. The Bertz CT molecular complexity index is 2610. The second-order valence-electron chi connectivity index (χ2n) is 14.1. The summed E-state index contributed by atoms with van der Waals surface area (Å²) in [5.74, 6) is 0. The quantitative estimate of drug-likeness (QED) is 0.146. The molecule has 4 aromatic heterocycles. The van der Waals surface area contributed by atoms with Gasteiger partial charge in [-0.05, 0) is 0 Å². The van der Waals surface area contributed by atoms with Crippen LogP contribution >= 0.6 is 45.3 Å². The predicted octanol–water partition coefficient (Wildman–Crippen LogP) is 11.3. The van der Waals surface area contributed by atoms with E-state index < -0.39 is 29.3 Å². The molecule has 0 spiro atoms. The van der Waals surface area contributed by atoms with E-state index in [2.05, 4.69) is 206 Å². The van der Waals surface area contributed by atoms with Crippen LogP contribution in [-0.2, 0) is 0 Å². The molecule has 0 bridgehead atoms. The summed E-state index contributed by atoms with van der Waals surface area (Å²) in [7, 11) is 0. The molecular weight excluding hydrogens is 903 g/mol. The van der Waals surface area contributed by atoms with E-state index in [1.165, 1.54) is 70.0 Å². The van der Waals surface area contributed by atoms with Gasteiger partial charge in [-0.25, -0.2) is 0 Å². The summed E-state index contributed by atoms with van der Waals surface area (Å²) in [5.41, 5.74) is 5.32. The molecule has 276 valence electrons. The Balaban J connectivity index is 0.000000133. The van der Waals surface area contributed by atoms with Crippen molar-refractivity contribution >= 4 is 101 Å². The molecule has 58 heavy (non-hydrogen) atoms. The fourth-order valence-corrected chi connectivity index (χ4v) is 27.0. The summed E-state index contributed by atoms with van der Waals surface area (Å²) in [6.07, 6.45) is 0. The third kappa shape index (κ3) is 6.67. The molecule has 2 aliphatic heterocycles. The zero-order chi connectivity index (χ0) is 38.4. The summed E-state index contributed by atoms with van der Waals surface area (Å²) in [6, 6.07) is 75.6. The third-order valence-corrected chi connectivity index (χ3v) is 27.3. The van der Waals surface area contributed by atoms with E-state index in [-0.39, 0.29) is 0 Å². The van der Waals surface area contributed by atoms with Gasteiger partial charge in [0.05, 0.1) is 0 Å². The minimum atomic E-state index is -1.51. The molecular formula is C52H34As2S4. The van der Waals surface area contributed by atoms with Crippen LogP contribution in [0, 0.1) is 0 Å². The van der Waals surface area contributed by atoms with Gasteiger partial charge in [-0.1, -0.05) is 0 Å². The van der Waals surface area contributed by atoms with Gasteiger partial charge in [0.25, 0.3) is 0 Å². The summed E-state index contributed by atoms with van der Waals surface area (Å²) < 4.78 is 9.47. The number of hydrogen-bond donors (Lipinski definition) is 0. The molecule has 6 aromatic carbocycles. The molecule has 12 rings (SSSR count). The van der Waals surface area contributed by atoms with Crippen molar-refractivity contribution in [1.82, 2.24) is 0 Å². The second kappa shape index (κ2) is 15.8. The standard InChI is InChI=1S/2C26H17AsS2/c2*1-4-10-18(11-5-1)23-16-21-25(28-23)26-22(27(21)20-14-8-3-9-15-20)17-24(29-26)19-12-6-2-7-13-19/h2*1-17H. The normalized spacial score (nSPS) is 12.7. The van der Waals surface area contributed by atoms with Gasteiger partial charge >= 0.3 is 368 Å². The van der Waals surface area contributed by atoms with Gasteiger partial charge in [-0.15, -0.1) is 0 Å². The Hall–Kier alpha value is -4.76. The summed E-state index contributed by atoms with van der Waals surface area (Å²) >= 11 is 4.87. The van der Waals surface area contributed by atoms with E-state index in [9.17, 15) is 0 Å². The molecule has 0 radical (unpaired) electrons. The first-order valence-electron chi connectivity index (χ1n) is 19.2. The first kappa shape index (κ1) is 36.3. The van der Waals surface area contributed by atoms with E-state index in [0.29, 0.717) is 0 Å². The number of rotatable bonds is 6. The first-order chi connectivity index (χ1) is 28.8. The van der Waals surface area contributed by atoms with Gasteiger partial charge in [0.2, 0.25) is 0 Å². The number of hydrogen-bond acceptors (Lipinski definition) is 4. The number of fused-ring (bicyclic) bond motifs is 6. The van der Waals surface area contributed by atoms with Crippen LogP contribution in [0.25, 0.3) is 61.3 Å². The molecule has 0 amide bonds. The van der Waals surface area contributed by atoms with Crippen molar-refractivity contribution in [3.63, 3.8) is 0 Å². The first-order valence-corrected chi connectivity index (χ1v) is 28.1. The van der Waals surface area contributed by atoms with Crippen LogP contribution in [0.4, 0.5) is 0 Å². The van der Waals surface area contributed by atoms with Gasteiger partial charge in [-0.3, -0.25) is 0 Å². The van der Waals surface area contributed by atoms with Crippen LogP contribution in [0.3, 0.4) is 0 Å². The zero-order valence-corrected chi connectivity index (χ0v) is 38.2. The van der Waals surface area contributed by atoms with Crippen LogP contribution < -0.4 is 26.1 Å². The maximum atomic E-state index is 2.48. The van der Waals surface area contributed by atoms with Crippen LogP contribution in [0.15, 0.2) is 206 Å². The average Bonchev–Trinajstić information content (AvgIpc) is 4.15. The van der Waals surface area contributed by atoms with Crippen molar-refractivity contribution in [2.45, 2.75) is 0 Å². The fourth-order valence-electron chi connectivity index (χ4n) is 7.79. The van der Waals surface area contributed by atoms with Crippen molar-refractivity contribution in [3.05, 3.63) is 206 Å². The average molecular weight is 937 g/mol. The minimum absolute atomic E-state index is 1.33. The second-order valence-corrected chi connectivity index (χ2v) is 27.3. The van der Waals surface area contributed by atoms with Crippen LogP contribution in [0.1, 0.15) is 0 Å². The Morgan fingerprint density at radius 3 is 0.672 bits per heavy atom. The topological polar surface area (TPSA) is 0 Å². The molecule has 0 saturated heterocycles. The molecule has 0 aliphatic carbocycles. The van der Waals surface area contributed by atoms with Crippen LogP contribution in [0.5, 0.6) is 0 Å². The molecule has 2 aliphatic rings. The SMILES string of the molecule is c1ccc(-c2cc3c(s2)-c2sc(-c4ccccc4)cc2[As]3c2ccccc2)cc1.c1ccc(-c2cc3c(s2)-c2sc(-c4ccccc4)cc2[As]3c2ccccc2)cc1. The maximum absolute atomic E-state index is 2.48. The van der Waals surface area contributed by atoms with Gasteiger partial charge in [0.15, 0.2) is 0 Å². The van der Waals surface area contributed by atoms with Crippen molar-refractivity contribution in [3.8, 4) is 61.3 Å². The molecule has 6 heterocycles. The van der Waals surface area contributed by atoms with E-state index in [4.69, 9.17) is 0 Å². The number of benzene rings is 6. The third-order valence-electron chi connectivity index (χ3n) is 10.5. The van der Waals surface area contributed by atoms with Crippen LogP contribution in [-0.4, -0.2) is 29.3 Å². The van der Waals surface area contributed by atoms with Gasteiger partial charge in [-0.2, -0.15) is 0 Å². The van der Waals surface area contributed by atoms with E-state index in [1.807, 2.05) is 45.3 Å². The van der Waals surface area contributed by atoms with Gasteiger partial charge in [0, 0.05) is 0 Å². The summed E-state index contributed by atoms with van der Waals surface area (Å²) in [6.45, 7) is 0. The summed E-state index contributed by atoms with van der Waals surface area (Å²) in [4.78, 5) is 11.6. The Labute approximate surface area is 365 Å². The zero-order valence-electron chi connectivity index (χ0n) is 31.2. The molecule has 10 aromatic rings. The predicted molar refractivity (Wildman–Crippen MR) is 259 cm³/mol. The molecule has 0 N–H and O–H groups in total. The fraction of sp³-hybridized carbons (Fsp3) is 0. The Morgan fingerprint density at radius 2 is 0.448 bits per heavy atom. The van der Waals surface area contributed by atoms with E-state index in [1.54, 1.807) is 17.4 Å². The van der Waals surface area contributed by atoms with Crippen molar-refractivity contribution in [2.75, 3.05) is 0 Å². The van der Waals surface area contributed by atoms with Gasteiger partial charge < -0.3 is 0 Å². The van der Waals surface area contributed by atoms with E-state index in [0.717, 1.165) is 0 Å².